The first-order valence-electron chi connectivity index (χ1n) is 8.12. The monoisotopic (exact) mass is 324 g/mol. The minimum absolute atomic E-state index is 0.00955. The van der Waals surface area contributed by atoms with Crippen molar-refractivity contribution >= 4 is 12.0 Å². The summed E-state index contributed by atoms with van der Waals surface area (Å²) in [7, 11) is 1.28. The molecule has 3 N–H and O–H groups in total. The summed E-state index contributed by atoms with van der Waals surface area (Å²) >= 11 is 0. The Morgan fingerprint density at radius 3 is 2.65 bits per heavy atom. The summed E-state index contributed by atoms with van der Waals surface area (Å²) in [5, 5.41) is 5.41. The first-order chi connectivity index (χ1) is 11.0. The van der Waals surface area contributed by atoms with Crippen molar-refractivity contribution < 1.29 is 14.3 Å². The van der Waals surface area contributed by atoms with Gasteiger partial charge in [-0.25, -0.2) is 9.78 Å². The molecular weight excluding hydrogens is 296 g/mol. The van der Waals surface area contributed by atoms with E-state index in [4.69, 9.17) is 0 Å². The van der Waals surface area contributed by atoms with Gasteiger partial charge in [-0.3, -0.25) is 4.79 Å². The summed E-state index contributed by atoms with van der Waals surface area (Å²) in [5.74, 6) is 0.793. The lowest BCUT2D eigenvalue weighted by atomic mass is 10.0. The third-order valence-electron chi connectivity index (χ3n) is 3.61. The number of nitrogens with one attached hydrogen (secondary N) is 3. The van der Waals surface area contributed by atoms with Crippen LogP contribution >= 0.6 is 0 Å². The zero-order chi connectivity index (χ0) is 17.2. The second-order valence-electron chi connectivity index (χ2n) is 5.81. The molecule has 7 nitrogen and oxygen atoms in total. The van der Waals surface area contributed by atoms with Crippen LogP contribution in [0.1, 0.15) is 45.1 Å². The quantitative estimate of drug-likeness (QED) is 0.603. The molecule has 0 saturated heterocycles. The average Bonchev–Trinajstić information content (AvgIpc) is 2.99. The fraction of sp³-hybridized carbons (Fsp3) is 0.688. The number of carbonyl (C=O) groups excluding carboxylic acids is 2. The lowest BCUT2D eigenvalue weighted by Crippen LogP contribution is -2.49. The van der Waals surface area contributed by atoms with Crippen molar-refractivity contribution in [2.75, 3.05) is 13.7 Å². The molecule has 0 radical (unpaired) electrons. The molecule has 0 aromatic carbocycles. The number of H-pyrrole nitrogens is 1. The topological polar surface area (TPSA) is 96.1 Å². The fourth-order valence-corrected chi connectivity index (χ4v) is 2.17. The van der Waals surface area contributed by atoms with Gasteiger partial charge in [-0.1, -0.05) is 20.8 Å². The predicted molar refractivity (Wildman–Crippen MR) is 88.1 cm³/mol. The number of imidazole rings is 1. The third kappa shape index (κ3) is 6.71. The van der Waals surface area contributed by atoms with Gasteiger partial charge in [-0.05, 0) is 25.2 Å². The highest BCUT2D eigenvalue weighted by atomic mass is 16.5. The molecule has 130 valence electrons. The molecule has 23 heavy (non-hydrogen) atoms. The number of carbonyl (C=O) groups is 2. The number of hydrogen-bond acceptors (Lipinski definition) is 4. The minimum Gasteiger partial charge on any atom is -0.453 e. The molecule has 0 saturated carbocycles. The zero-order valence-electron chi connectivity index (χ0n) is 14.4. The van der Waals surface area contributed by atoms with Gasteiger partial charge in [0, 0.05) is 24.9 Å². The first-order valence-corrected chi connectivity index (χ1v) is 8.12. The second-order valence-corrected chi connectivity index (χ2v) is 5.81. The van der Waals surface area contributed by atoms with Crippen LogP contribution in [0.2, 0.25) is 0 Å². The van der Waals surface area contributed by atoms with E-state index in [-0.39, 0.29) is 11.8 Å². The van der Waals surface area contributed by atoms with Crippen LogP contribution in [0, 0.1) is 5.92 Å². The summed E-state index contributed by atoms with van der Waals surface area (Å²) in [6.45, 7) is 6.41. The van der Waals surface area contributed by atoms with Crippen LogP contribution in [0.4, 0.5) is 4.79 Å². The van der Waals surface area contributed by atoms with Gasteiger partial charge in [0.2, 0.25) is 5.91 Å². The first kappa shape index (κ1) is 19.0. The number of aromatic amines is 1. The second kappa shape index (κ2) is 9.86. The van der Waals surface area contributed by atoms with Gasteiger partial charge in [0.05, 0.1) is 7.11 Å². The third-order valence-corrected chi connectivity index (χ3v) is 3.61. The van der Waals surface area contributed by atoms with Crippen molar-refractivity contribution in [1.82, 2.24) is 20.6 Å². The maximum absolute atomic E-state index is 12.1. The smallest absolute Gasteiger partial charge is 0.407 e. The van der Waals surface area contributed by atoms with Crippen molar-refractivity contribution in [2.45, 2.75) is 52.5 Å². The van der Waals surface area contributed by atoms with E-state index in [0.717, 1.165) is 37.2 Å². The summed E-state index contributed by atoms with van der Waals surface area (Å²) < 4.78 is 4.54. The van der Waals surface area contributed by atoms with Gasteiger partial charge in [-0.15, -0.1) is 0 Å². The molecule has 7 heteroatoms. The molecule has 1 atom stereocenters. The number of aryl methyl sites for hydroxylation is 2. The number of hydrogen-bond donors (Lipinski definition) is 3. The number of amides is 2. The molecule has 1 aromatic rings. The van der Waals surface area contributed by atoms with E-state index in [2.05, 4.69) is 32.3 Å². The molecule has 1 unspecified atom stereocenters. The van der Waals surface area contributed by atoms with Crippen molar-refractivity contribution in [2.24, 2.45) is 5.92 Å². The maximum atomic E-state index is 12.1. The van der Waals surface area contributed by atoms with Crippen LogP contribution in [0.5, 0.6) is 0 Å². The number of rotatable bonds is 9. The molecule has 0 spiro atoms. The summed E-state index contributed by atoms with van der Waals surface area (Å²) in [4.78, 5) is 31.0. The molecule has 2 amide bonds. The Labute approximate surface area is 137 Å². The summed E-state index contributed by atoms with van der Waals surface area (Å²) in [6.07, 6.45) is 4.88. The van der Waals surface area contributed by atoms with E-state index in [1.807, 2.05) is 20.0 Å². The van der Waals surface area contributed by atoms with Crippen molar-refractivity contribution in [1.29, 1.82) is 0 Å². The molecular formula is C16H28N4O3. The Hall–Kier alpha value is -2.05. The van der Waals surface area contributed by atoms with Gasteiger partial charge in [0.1, 0.15) is 11.9 Å². The highest BCUT2D eigenvalue weighted by molar-refractivity contribution is 5.85. The number of aromatic nitrogens is 2. The Balaban J connectivity index is 2.27. The van der Waals surface area contributed by atoms with Gasteiger partial charge in [0.25, 0.3) is 0 Å². The Morgan fingerprint density at radius 1 is 1.35 bits per heavy atom. The number of alkyl carbamates (subject to hydrolysis) is 1. The Bertz CT molecular complexity index is 499. The number of methoxy groups -OCH3 is 1. The largest absolute Gasteiger partial charge is 0.453 e. The molecule has 0 aliphatic carbocycles. The molecule has 0 aliphatic rings. The van der Waals surface area contributed by atoms with Crippen molar-refractivity contribution in [3.05, 3.63) is 17.7 Å². The van der Waals surface area contributed by atoms with E-state index >= 15 is 0 Å². The van der Waals surface area contributed by atoms with Gasteiger partial charge in [-0.2, -0.15) is 0 Å². The molecule has 1 rings (SSSR count). The summed E-state index contributed by atoms with van der Waals surface area (Å²) in [5.41, 5.74) is 1.14. The molecule has 1 heterocycles. The average molecular weight is 324 g/mol. The normalized spacial score (nSPS) is 12.0. The lowest BCUT2D eigenvalue weighted by molar-refractivity contribution is -0.124. The number of unbranched alkanes of at least 4 members (excludes halogenated alkanes) is 1. The van der Waals surface area contributed by atoms with E-state index in [0.29, 0.717) is 6.54 Å². The molecule has 1 aromatic heterocycles. The summed E-state index contributed by atoms with van der Waals surface area (Å²) in [6, 6.07) is -0.584. The van der Waals surface area contributed by atoms with E-state index in [9.17, 15) is 9.59 Å². The Morgan fingerprint density at radius 2 is 2.09 bits per heavy atom. The van der Waals surface area contributed by atoms with Crippen LogP contribution < -0.4 is 10.6 Å². The highest BCUT2D eigenvalue weighted by Crippen LogP contribution is 2.04. The molecule has 0 bridgehead atoms. The van der Waals surface area contributed by atoms with Crippen LogP contribution in [-0.4, -0.2) is 41.7 Å². The highest BCUT2D eigenvalue weighted by Gasteiger charge is 2.23. The standard InChI is InChI=1S/C16H28N4O3/c1-5-12-10-18-13(19-12)8-6-7-9-17-15(21)14(11(2)3)20-16(22)23-4/h10-11,14H,5-9H2,1-4H3,(H,17,21)(H,18,19)(H,20,22). The van der Waals surface area contributed by atoms with Gasteiger partial charge >= 0.3 is 6.09 Å². The minimum atomic E-state index is -0.594. The maximum Gasteiger partial charge on any atom is 0.407 e. The fourth-order valence-electron chi connectivity index (χ4n) is 2.17. The van der Waals surface area contributed by atoms with Crippen LogP contribution in [0.15, 0.2) is 6.20 Å². The zero-order valence-corrected chi connectivity index (χ0v) is 14.4. The van der Waals surface area contributed by atoms with Crippen LogP contribution in [0.3, 0.4) is 0 Å². The van der Waals surface area contributed by atoms with Gasteiger partial charge < -0.3 is 20.4 Å². The van der Waals surface area contributed by atoms with Gasteiger partial charge in [0.15, 0.2) is 0 Å². The van der Waals surface area contributed by atoms with Crippen LogP contribution in [-0.2, 0) is 22.4 Å². The van der Waals surface area contributed by atoms with E-state index < -0.39 is 12.1 Å². The van der Waals surface area contributed by atoms with E-state index in [1.165, 1.54) is 7.11 Å². The SMILES string of the molecule is CCc1cnc(CCCCNC(=O)C(NC(=O)OC)C(C)C)[nH]1. The number of nitrogens with zero attached hydrogens (tertiary/aromatic N) is 1. The molecule has 0 fully saturated rings. The van der Waals surface area contributed by atoms with Crippen LogP contribution in [0.25, 0.3) is 0 Å². The predicted octanol–water partition coefficient (Wildman–Crippen LogP) is 1.79. The Kier molecular flexibility index (Phi) is 8.15. The van der Waals surface area contributed by atoms with E-state index in [1.54, 1.807) is 0 Å². The lowest BCUT2D eigenvalue weighted by Gasteiger charge is -2.20. The number of ether oxygens (including phenoxy) is 1. The molecule has 0 aliphatic heterocycles. The van der Waals surface area contributed by atoms with Crippen molar-refractivity contribution in [3.8, 4) is 0 Å². The van der Waals surface area contributed by atoms with Crippen molar-refractivity contribution in [3.63, 3.8) is 0 Å².